The minimum atomic E-state index is -0.135. The van der Waals surface area contributed by atoms with E-state index < -0.39 is 0 Å². The number of fused-ring (bicyclic) bond motifs is 1. The van der Waals surface area contributed by atoms with Gasteiger partial charge in [0.15, 0.2) is 11.5 Å². The van der Waals surface area contributed by atoms with Crippen LogP contribution in [0.15, 0.2) is 6.20 Å². The molecule has 19 heavy (non-hydrogen) atoms. The van der Waals surface area contributed by atoms with Gasteiger partial charge in [0.05, 0.1) is 16.2 Å². The number of ketones is 1. The first-order chi connectivity index (χ1) is 8.90. The van der Waals surface area contributed by atoms with Crippen LogP contribution in [0.2, 0.25) is 0 Å². The monoisotopic (exact) mass is 324 g/mol. The fourth-order valence-corrected chi connectivity index (χ4v) is 2.44. The molecule has 2 aromatic heterocycles. The third-order valence-electron chi connectivity index (χ3n) is 3.12. The molecule has 0 aliphatic rings. The molecule has 0 fully saturated rings. The summed E-state index contributed by atoms with van der Waals surface area (Å²) >= 11 is 3.31. The maximum atomic E-state index is 11.9. The molecule has 2 unspecified atom stereocenters. The molecule has 0 aliphatic carbocycles. The number of halogens is 1. The molecule has 0 radical (unpaired) electrons. The van der Waals surface area contributed by atoms with Gasteiger partial charge in [-0.15, -0.1) is 0 Å². The van der Waals surface area contributed by atoms with Crippen molar-refractivity contribution in [1.82, 2.24) is 19.6 Å². The Bertz CT molecular complexity index is 581. The second kappa shape index (κ2) is 5.36. The van der Waals surface area contributed by atoms with E-state index in [1.165, 1.54) is 0 Å². The van der Waals surface area contributed by atoms with Crippen molar-refractivity contribution in [2.24, 2.45) is 5.92 Å². The van der Waals surface area contributed by atoms with Crippen molar-refractivity contribution < 1.29 is 4.79 Å². The molecule has 2 atom stereocenters. The average Bonchev–Trinajstić information content (AvgIpc) is 2.77. The lowest BCUT2D eigenvalue weighted by molar-refractivity contribution is -0.121. The molecule has 0 spiro atoms. The van der Waals surface area contributed by atoms with Gasteiger partial charge in [-0.1, -0.05) is 22.9 Å². The number of nitrogens with zero attached hydrogens (tertiary/aromatic N) is 4. The summed E-state index contributed by atoms with van der Waals surface area (Å²) in [7, 11) is 0. The summed E-state index contributed by atoms with van der Waals surface area (Å²) in [5, 5.41) is 4.45. The van der Waals surface area contributed by atoms with Gasteiger partial charge in [-0.2, -0.15) is 5.10 Å². The number of aryl methyl sites for hydroxylation is 2. The van der Waals surface area contributed by atoms with Crippen LogP contribution in [0.4, 0.5) is 0 Å². The third-order valence-corrected chi connectivity index (χ3v) is 3.57. The Morgan fingerprint density at radius 1 is 1.42 bits per heavy atom. The molecule has 6 heteroatoms. The van der Waals surface area contributed by atoms with Crippen molar-refractivity contribution in [2.75, 3.05) is 0 Å². The van der Waals surface area contributed by atoms with Gasteiger partial charge < -0.3 is 0 Å². The van der Waals surface area contributed by atoms with Gasteiger partial charge in [-0.3, -0.25) is 9.78 Å². The fourth-order valence-electron chi connectivity index (χ4n) is 1.99. The van der Waals surface area contributed by atoms with Crippen molar-refractivity contribution in [1.29, 1.82) is 0 Å². The number of carbonyl (C=O) groups is 1. The molecule has 102 valence electrons. The van der Waals surface area contributed by atoms with E-state index in [9.17, 15) is 4.79 Å². The second-order valence-corrected chi connectivity index (χ2v) is 6.25. The maximum absolute atomic E-state index is 11.9. The highest BCUT2D eigenvalue weighted by molar-refractivity contribution is 9.10. The van der Waals surface area contributed by atoms with Crippen molar-refractivity contribution in [3.8, 4) is 0 Å². The van der Waals surface area contributed by atoms with E-state index in [0.29, 0.717) is 12.2 Å². The van der Waals surface area contributed by atoms with Crippen LogP contribution in [0, 0.1) is 19.8 Å². The Kier molecular flexibility index (Phi) is 3.99. The molecule has 5 nitrogen and oxygen atoms in total. The number of carbonyl (C=O) groups excluding carboxylic acids is 1. The van der Waals surface area contributed by atoms with E-state index in [4.69, 9.17) is 0 Å². The molecule has 0 bridgehead atoms. The summed E-state index contributed by atoms with van der Waals surface area (Å²) in [5.74, 6) is 0.763. The fraction of sp³-hybridized carbons (Fsp3) is 0.538. The Balaban J connectivity index is 2.30. The van der Waals surface area contributed by atoms with Crippen LogP contribution in [0.3, 0.4) is 0 Å². The van der Waals surface area contributed by atoms with Gasteiger partial charge in [0, 0.05) is 18.5 Å². The third kappa shape index (κ3) is 2.83. The summed E-state index contributed by atoms with van der Waals surface area (Å²) in [4.78, 5) is 20.5. The standard InChI is InChI=1S/C13H17BrN4O/c1-7(12(19)9(3)14)5-11-16-13-10(4)15-6-8(2)18(13)17-11/h6-7,9H,5H2,1-4H3. The number of hydrogen-bond acceptors (Lipinski definition) is 4. The van der Waals surface area contributed by atoms with Crippen molar-refractivity contribution >= 4 is 27.4 Å². The highest BCUT2D eigenvalue weighted by Crippen LogP contribution is 2.14. The first-order valence-corrected chi connectivity index (χ1v) is 7.17. The van der Waals surface area contributed by atoms with E-state index in [1.807, 2.05) is 27.7 Å². The lowest BCUT2D eigenvalue weighted by atomic mass is 10.0. The van der Waals surface area contributed by atoms with E-state index in [0.717, 1.165) is 17.0 Å². The van der Waals surface area contributed by atoms with Crippen LogP contribution in [-0.4, -0.2) is 30.2 Å². The Morgan fingerprint density at radius 2 is 2.11 bits per heavy atom. The van der Waals surface area contributed by atoms with Crippen molar-refractivity contribution in [3.05, 3.63) is 23.4 Å². The molecular weight excluding hydrogens is 308 g/mol. The molecule has 2 heterocycles. The van der Waals surface area contributed by atoms with Gasteiger partial charge in [0.1, 0.15) is 5.78 Å². The molecular formula is C13H17BrN4O. The maximum Gasteiger partial charge on any atom is 0.177 e. The minimum absolute atomic E-state index is 0.0969. The van der Waals surface area contributed by atoms with Crippen LogP contribution < -0.4 is 0 Å². The zero-order chi connectivity index (χ0) is 14.2. The molecule has 0 saturated heterocycles. The van der Waals surface area contributed by atoms with Crippen LogP contribution >= 0.6 is 15.9 Å². The lowest BCUT2D eigenvalue weighted by Gasteiger charge is -2.09. The lowest BCUT2D eigenvalue weighted by Crippen LogP contribution is -2.21. The SMILES string of the molecule is Cc1ncc(C)n2nc(CC(C)C(=O)C(C)Br)nc12. The quantitative estimate of drug-likeness (QED) is 0.809. The highest BCUT2D eigenvalue weighted by Gasteiger charge is 2.20. The van der Waals surface area contributed by atoms with Crippen LogP contribution in [0.25, 0.3) is 5.65 Å². The zero-order valence-electron chi connectivity index (χ0n) is 11.5. The first-order valence-electron chi connectivity index (χ1n) is 6.25. The molecule has 0 N–H and O–H groups in total. The Hall–Kier alpha value is -1.30. The molecule has 2 rings (SSSR count). The molecule has 2 aromatic rings. The Morgan fingerprint density at radius 3 is 2.68 bits per heavy atom. The van der Waals surface area contributed by atoms with Crippen LogP contribution in [-0.2, 0) is 11.2 Å². The topological polar surface area (TPSA) is 60.2 Å². The van der Waals surface area contributed by atoms with Crippen molar-refractivity contribution in [3.63, 3.8) is 0 Å². The number of rotatable bonds is 4. The molecule has 0 saturated carbocycles. The molecule has 0 aliphatic heterocycles. The van der Waals surface area contributed by atoms with E-state index in [2.05, 4.69) is 31.0 Å². The smallest absolute Gasteiger partial charge is 0.177 e. The molecule has 0 amide bonds. The predicted molar refractivity (Wildman–Crippen MR) is 76.5 cm³/mol. The first kappa shape index (κ1) is 14.1. The summed E-state index contributed by atoms with van der Waals surface area (Å²) in [6, 6.07) is 0. The van der Waals surface area contributed by atoms with E-state index >= 15 is 0 Å². The van der Waals surface area contributed by atoms with Gasteiger partial charge >= 0.3 is 0 Å². The van der Waals surface area contributed by atoms with Crippen molar-refractivity contribution in [2.45, 2.75) is 38.9 Å². The van der Waals surface area contributed by atoms with Crippen LogP contribution in [0.1, 0.15) is 31.1 Å². The van der Waals surface area contributed by atoms with Crippen LogP contribution in [0.5, 0.6) is 0 Å². The van der Waals surface area contributed by atoms with Gasteiger partial charge in [0.25, 0.3) is 0 Å². The Labute approximate surface area is 120 Å². The average molecular weight is 325 g/mol. The highest BCUT2D eigenvalue weighted by atomic mass is 79.9. The van der Waals surface area contributed by atoms with Gasteiger partial charge in [-0.25, -0.2) is 9.50 Å². The van der Waals surface area contributed by atoms with Gasteiger partial charge in [0.2, 0.25) is 0 Å². The zero-order valence-corrected chi connectivity index (χ0v) is 13.1. The normalized spacial score (nSPS) is 14.6. The summed E-state index contributed by atoms with van der Waals surface area (Å²) in [5.41, 5.74) is 2.55. The number of aromatic nitrogens is 4. The van der Waals surface area contributed by atoms with E-state index in [1.54, 1.807) is 10.7 Å². The summed E-state index contributed by atoms with van der Waals surface area (Å²) < 4.78 is 1.78. The summed E-state index contributed by atoms with van der Waals surface area (Å²) in [6.45, 7) is 7.59. The summed E-state index contributed by atoms with van der Waals surface area (Å²) in [6.07, 6.45) is 2.32. The second-order valence-electron chi connectivity index (χ2n) is 4.87. The van der Waals surface area contributed by atoms with Gasteiger partial charge in [-0.05, 0) is 20.8 Å². The van der Waals surface area contributed by atoms with E-state index in [-0.39, 0.29) is 16.5 Å². The number of Topliss-reactive ketones (excluding diaryl/α,β-unsaturated/α-hetero) is 1. The predicted octanol–water partition coefficient (Wildman–Crippen LogP) is 2.27. The number of hydrogen-bond donors (Lipinski definition) is 0. The number of alkyl halides is 1. The minimum Gasteiger partial charge on any atom is -0.298 e. The molecule has 0 aromatic carbocycles. The largest absolute Gasteiger partial charge is 0.298 e.